The summed E-state index contributed by atoms with van der Waals surface area (Å²) < 4.78 is 0. The minimum Gasteiger partial charge on any atom is -0.320 e. The van der Waals surface area contributed by atoms with Crippen molar-refractivity contribution in [3.05, 3.63) is 0 Å². The molecule has 0 amide bonds. The van der Waals surface area contributed by atoms with Crippen LogP contribution in [0.2, 0.25) is 0 Å². The first-order chi connectivity index (χ1) is 7.68. The summed E-state index contributed by atoms with van der Waals surface area (Å²) in [6, 6.07) is 0. The van der Waals surface area contributed by atoms with Crippen molar-refractivity contribution in [1.82, 2.24) is 10.6 Å². The van der Waals surface area contributed by atoms with Gasteiger partial charge in [0.25, 0.3) is 0 Å². The molecule has 0 aliphatic carbocycles. The summed E-state index contributed by atoms with van der Waals surface area (Å²) in [4.78, 5) is 4.29. The number of aliphatic imine (C=N–C) groups is 1. The van der Waals surface area contributed by atoms with E-state index in [4.69, 9.17) is 0 Å². The van der Waals surface area contributed by atoms with Crippen molar-refractivity contribution in [2.24, 2.45) is 4.99 Å². The second kappa shape index (κ2) is 9.79. The van der Waals surface area contributed by atoms with E-state index < -0.39 is 0 Å². The fourth-order valence-electron chi connectivity index (χ4n) is 1.84. The van der Waals surface area contributed by atoms with Gasteiger partial charge in [-0.15, -0.1) is 0 Å². The fourth-order valence-corrected chi connectivity index (χ4v) is 1.84. The Morgan fingerprint density at radius 2 is 1.56 bits per heavy atom. The number of hydrogen-bond acceptors (Lipinski definition) is 3. The summed E-state index contributed by atoms with van der Waals surface area (Å²) in [6.07, 6.45) is 7.43. The molecule has 1 atom stereocenters. The molecule has 0 radical (unpaired) electrons. The van der Waals surface area contributed by atoms with Crippen LogP contribution in [0.4, 0.5) is 0 Å². The predicted molar refractivity (Wildman–Crippen MR) is 73.5 cm³/mol. The molecule has 1 unspecified atom stereocenters. The summed E-state index contributed by atoms with van der Waals surface area (Å²) in [7, 11) is 4.00. The van der Waals surface area contributed by atoms with Crippen LogP contribution in [-0.2, 0) is 0 Å². The molecule has 96 valence electrons. The maximum absolute atomic E-state index is 4.29. The van der Waals surface area contributed by atoms with Gasteiger partial charge in [0, 0.05) is 0 Å². The second-order valence-corrected chi connectivity index (χ2v) is 4.78. The number of unbranched alkanes of at least 4 members (excludes halogenated alkanes) is 3. The van der Waals surface area contributed by atoms with Crippen LogP contribution in [0.5, 0.6) is 0 Å². The third-order valence-corrected chi connectivity index (χ3v) is 3.19. The normalized spacial score (nSPS) is 14.7. The Morgan fingerprint density at radius 3 is 2.12 bits per heavy atom. The highest BCUT2D eigenvalue weighted by Crippen LogP contribution is 2.22. The van der Waals surface area contributed by atoms with Gasteiger partial charge in [-0.2, -0.15) is 0 Å². The molecule has 0 fully saturated rings. The number of nitrogens with one attached hydrogen (secondary N) is 2. The van der Waals surface area contributed by atoms with E-state index in [1.807, 2.05) is 14.1 Å². The SMILES string of the molecule is C=NC(C)(CCCCCCNC)CCNC. The topological polar surface area (TPSA) is 36.4 Å². The van der Waals surface area contributed by atoms with Crippen LogP contribution >= 0.6 is 0 Å². The molecule has 3 nitrogen and oxygen atoms in total. The zero-order valence-corrected chi connectivity index (χ0v) is 11.3. The van der Waals surface area contributed by atoms with E-state index in [-0.39, 0.29) is 5.54 Å². The third-order valence-electron chi connectivity index (χ3n) is 3.19. The molecule has 0 bridgehead atoms. The van der Waals surface area contributed by atoms with Crippen LogP contribution in [0.15, 0.2) is 4.99 Å². The van der Waals surface area contributed by atoms with Crippen molar-refractivity contribution in [1.29, 1.82) is 0 Å². The molecule has 0 aromatic rings. The first kappa shape index (κ1) is 15.6. The molecule has 0 aliphatic heterocycles. The molecule has 0 rings (SSSR count). The minimum atomic E-state index is 0.0754. The molecular formula is C13H29N3. The molecule has 0 aliphatic rings. The van der Waals surface area contributed by atoms with Crippen molar-refractivity contribution in [3.8, 4) is 0 Å². The standard InChI is InChI=1S/C13H29N3/c1-13(16-4,10-12-15-3)9-7-5-6-8-11-14-2/h14-15H,4-12H2,1-3H3. The monoisotopic (exact) mass is 227 g/mol. The fraction of sp³-hybridized carbons (Fsp3) is 0.923. The maximum atomic E-state index is 4.29. The van der Waals surface area contributed by atoms with E-state index in [0.29, 0.717) is 0 Å². The quantitative estimate of drug-likeness (QED) is 0.419. The van der Waals surface area contributed by atoms with Crippen molar-refractivity contribution < 1.29 is 0 Å². The van der Waals surface area contributed by atoms with Crippen LogP contribution in [0, 0.1) is 0 Å². The average molecular weight is 227 g/mol. The van der Waals surface area contributed by atoms with Gasteiger partial charge in [0.2, 0.25) is 0 Å². The molecule has 0 heterocycles. The summed E-state index contributed by atoms with van der Waals surface area (Å²) >= 11 is 0. The van der Waals surface area contributed by atoms with Gasteiger partial charge >= 0.3 is 0 Å². The van der Waals surface area contributed by atoms with E-state index in [0.717, 1.165) is 25.9 Å². The van der Waals surface area contributed by atoms with Crippen molar-refractivity contribution in [2.75, 3.05) is 27.2 Å². The lowest BCUT2D eigenvalue weighted by molar-refractivity contribution is 0.382. The summed E-state index contributed by atoms with van der Waals surface area (Å²) in [5.74, 6) is 0. The minimum absolute atomic E-state index is 0.0754. The number of rotatable bonds is 11. The van der Waals surface area contributed by atoms with Gasteiger partial charge in [0.1, 0.15) is 0 Å². The Hall–Kier alpha value is -0.410. The van der Waals surface area contributed by atoms with Crippen LogP contribution in [0.25, 0.3) is 0 Å². The molecule has 16 heavy (non-hydrogen) atoms. The van der Waals surface area contributed by atoms with Crippen molar-refractivity contribution >= 4 is 6.72 Å². The van der Waals surface area contributed by atoms with Gasteiger partial charge in [0.05, 0.1) is 5.54 Å². The molecule has 0 aromatic carbocycles. The number of nitrogens with zero attached hydrogens (tertiary/aromatic N) is 1. The Balaban J connectivity index is 3.57. The van der Waals surface area contributed by atoms with Crippen molar-refractivity contribution in [3.63, 3.8) is 0 Å². The van der Waals surface area contributed by atoms with Gasteiger partial charge in [-0.3, -0.25) is 4.99 Å². The largest absolute Gasteiger partial charge is 0.320 e. The Labute approximate surface area is 101 Å². The smallest absolute Gasteiger partial charge is 0.0585 e. The zero-order chi connectivity index (χ0) is 12.3. The molecule has 2 N–H and O–H groups in total. The second-order valence-electron chi connectivity index (χ2n) is 4.78. The third kappa shape index (κ3) is 7.83. The Morgan fingerprint density at radius 1 is 0.938 bits per heavy atom. The van der Waals surface area contributed by atoms with E-state index in [2.05, 4.69) is 29.3 Å². The Kier molecular flexibility index (Phi) is 9.54. The summed E-state index contributed by atoms with van der Waals surface area (Å²) in [5.41, 5.74) is 0.0754. The van der Waals surface area contributed by atoms with Crippen LogP contribution in [0.1, 0.15) is 45.4 Å². The lowest BCUT2D eigenvalue weighted by atomic mass is 9.91. The molecule has 0 saturated heterocycles. The highest BCUT2D eigenvalue weighted by atomic mass is 14.9. The zero-order valence-electron chi connectivity index (χ0n) is 11.3. The molecule has 0 spiro atoms. The Bertz CT molecular complexity index is 171. The van der Waals surface area contributed by atoms with E-state index in [1.165, 1.54) is 25.7 Å². The first-order valence-electron chi connectivity index (χ1n) is 6.45. The lowest BCUT2D eigenvalue weighted by Gasteiger charge is -2.24. The number of hydrogen-bond donors (Lipinski definition) is 2. The average Bonchev–Trinajstić information content (AvgIpc) is 2.31. The summed E-state index contributed by atoms with van der Waals surface area (Å²) in [6.45, 7) is 8.10. The highest BCUT2D eigenvalue weighted by Gasteiger charge is 2.20. The molecular weight excluding hydrogens is 198 g/mol. The van der Waals surface area contributed by atoms with E-state index in [1.54, 1.807) is 0 Å². The first-order valence-corrected chi connectivity index (χ1v) is 6.45. The van der Waals surface area contributed by atoms with Gasteiger partial charge in [-0.1, -0.05) is 19.3 Å². The van der Waals surface area contributed by atoms with E-state index in [9.17, 15) is 0 Å². The molecule has 0 aromatic heterocycles. The summed E-state index contributed by atoms with van der Waals surface area (Å²) in [5, 5.41) is 6.36. The lowest BCUT2D eigenvalue weighted by Crippen LogP contribution is -2.26. The van der Waals surface area contributed by atoms with E-state index >= 15 is 0 Å². The van der Waals surface area contributed by atoms with Gasteiger partial charge in [-0.05, 0) is 60.1 Å². The highest BCUT2D eigenvalue weighted by molar-refractivity contribution is 5.25. The molecule has 0 saturated carbocycles. The maximum Gasteiger partial charge on any atom is 0.0585 e. The van der Waals surface area contributed by atoms with Gasteiger partial charge in [-0.25, -0.2) is 0 Å². The van der Waals surface area contributed by atoms with Crippen LogP contribution < -0.4 is 10.6 Å². The predicted octanol–water partition coefficient (Wildman–Crippen LogP) is 2.23. The van der Waals surface area contributed by atoms with Gasteiger partial charge in [0.15, 0.2) is 0 Å². The van der Waals surface area contributed by atoms with Crippen LogP contribution in [-0.4, -0.2) is 39.4 Å². The molecule has 3 heteroatoms. The van der Waals surface area contributed by atoms with Crippen LogP contribution in [0.3, 0.4) is 0 Å². The van der Waals surface area contributed by atoms with Crippen molar-refractivity contribution in [2.45, 2.75) is 51.0 Å². The van der Waals surface area contributed by atoms with Gasteiger partial charge < -0.3 is 10.6 Å².